The Hall–Kier alpha value is -1.32. The van der Waals surface area contributed by atoms with Crippen LogP contribution in [0.4, 0.5) is 0 Å². The Balaban J connectivity index is 1.83. The zero-order chi connectivity index (χ0) is 13.7. The first-order chi connectivity index (χ1) is 9.16. The minimum atomic E-state index is 0.721. The molecule has 3 heteroatoms. The van der Waals surface area contributed by atoms with Gasteiger partial charge >= 0.3 is 0 Å². The van der Waals surface area contributed by atoms with E-state index in [1.807, 2.05) is 0 Å². The SMILES string of the molecule is CC(C)CNCCN(C)Cc1c[nH]c2ccccc12. The molecule has 0 bridgehead atoms. The number of aromatic nitrogens is 1. The summed E-state index contributed by atoms with van der Waals surface area (Å²) in [4.78, 5) is 5.70. The van der Waals surface area contributed by atoms with Crippen LogP contribution in [0, 0.1) is 5.92 Å². The lowest BCUT2D eigenvalue weighted by atomic mass is 10.1. The maximum atomic E-state index is 3.48. The van der Waals surface area contributed by atoms with Crippen molar-refractivity contribution in [3.8, 4) is 0 Å². The summed E-state index contributed by atoms with van der Waals surface area (Å²) in [6.45, 7) is 8.70. The van der Waals surface area contributed by atoms with Crippen LogP contribution in [0.1, 0.15) is 19.4 Å². The first-order valence-electron chi connectivity index (χ1n) is 7.11. The third kappa shape index (κ3) is 4.08. The molecule has 1 heterocycles. The van der Waals surface area contributed by atoms with Crippen molar-refractivity contribution in [1.29, 1.82) is 0 Å². The summed E-state index contributed by atoms with van der Waals surface area (Å²) in [5.74, 6) is 0.721. The molecule has 0 saturated heterocycles. The van der Waals surface area contributed by atoms with E-state index in [1.54, 1.807) is 0 Å². The van der Waals surface area contributed by atoms with E-state index in [2.05, 4.69) is 66.6 Å². The summed E-state index contributed by atoms with van der Waals surface area (Å²) in [6, 6.07) is 8.49. The molecular weight excluding hydrogens is 234 g/mol. The zero-order valence-electron chi connectivity index (χ0n) is 12.2. The molecule has 104 valence electrons. The predicted molar refractivity (Wildman–Crippen MR) is 82.3 cm³/mol. The van der Waals surface area contributed by atoms with Crippen molar-refractivity contribution in [3.63, 3.8) is 0 Å². The molecule has 1 aromatic heterocycles. The fourth-order valence-corrected chi connectivity index (χ4v) is 2.29. The van der Waals surface area contributed by atoms with Gasteiger partial charge in [0.25, 0.3) is 0 Å². The van der Waals surface area contributed by atoms with Crippen molar-refractivity contribution in [2.75, 3.05) is 26.7 Å². The smallest absolute Gasteiger partial charge is 0.0457 e. The second-order valence-electron chi connectivity index (χ2n) is 5.70. The van der Waals surface area contributed by atoms with Gasteiger partial charge in [0, 0.05) is 36.7 Å². The number of hydrogen-bond acceptors (Lipinski definition) is 2. The summed E-state index contributed by atoms with van der Waals surface area (Å²) < 4.78 is 0. The van der Waals surface area contributed by atoms with Crippen LogP contribution in [0.5, 0.6) is 0 Å². The molecular formula is C16H25N3. The Morgan fingerprint density at radius 1 is 1.26 bits per heavy atom. The number of nitrogens with zero attached hydrogens (tertiary/aromatic N) is 1. The highest BCUT2D eigenvalue weighted by molar-refractivity contribution is 5.82. The Morgan fingerprint density at radius 3 is 2.84 bits per heavy atom. The van der Waals surface area contributed by atoms with Gasteiger partial charge in [-0.3, -0.25) is 0 Å². The second-order valence-corrected chi connectivity index (χ2v) is 5.70. The molecule has 2 rings (SSSR count). The van der Waals surface area contributed by atoms with Crippen molar-refractivity contribution in [3.05, 3.63) is 36.0 Å². The van der Waals surface area contributed by atoms with Crippen molar-refractivity contribution >= 4 is 10.9 Å². The van der Waals surface area contributed by atoms with Gasteiger partial charge in [0.2, 0.25) is 0 Å². The molecule has 0 aliphatic heterocycles. The quantitative estimate of drug-likeness (QED) is 0.749. The van der Waals surface area contributed by atoms with E-state index in [1.165, 1.54) is 16.5 Å². The maximum Gasteiger partial charge on any atom is 0.0457 e. The number of hydrogen-bond donors (Lipinski definition) is 2. The number of para-hydroxylation sites is 1. The molecule has 0 spiro atoms. The van der Waals surface area contributed by atoms with E-state index in [0.29, 0.717) is 0 Å². The Bertz CT molecular complexity index is 501. The van der Waals surface area contributed by atoms with Gasteiger partial charge in [0.05, 0.1) is 0 Å². The van der Waals surface area contributed by atoms with E-state index in [4.69, 9.17) is 0 Å². The second kappa shape index (κ2) is 6.73. The van der Waals surface area contributed by atoms with Crippen LogP contribution in [-0.4, -0.2) is 36.6 Å². The van der Waals surface area contributed by atoms with Gasteiger partial charge in [-0.1, -0.05) is 32.0 Å². The largest absolute Gasteiger partial charge is 0.361 e. The van der Waals surface area contributed by atoms with Gasteiger partial charge in [-0.15, -0.1) is 0 Å². The fraction of sp³-hybridized carbons (Fsp3) is 0.500. The molecule has 19 heavy (non-hydrogen) atoms. The predicted octanol–water partition coefficient (Wildman–Crippen LogP) is 2.85. The average Bonchev–Trinajstić information content (AvgIpc) is 2.78. The Morgan fingerprint density at radius 2 is 2.05 bits per heavy atom. The first kappa shape index (κ1) is 14.1. The highest BCUT2D eigenvalue weighted by Crippen LogP contribution is 2.18. The van der Waals surface area contributed by atoms with Crippen molar-refractivity contribution < 1.29 is 0 Å². The van der Waals surface area contributed by atoms with Gasteiger partial charge in [0.1, 0.15) is 0 Å². The number of aromatic amines is 1. The van der Waals surface area contributed by atoms with Crippen LogP contribution >= 0.6 is 0 Å². The molecule has 0 aliphatic rings. The Labute approximate surface area is 116 Å². The third-order valence-electron chi connectivity index (χ3n) is 3.34. The maximum absolute atomic E-state index is 3.48. The van der Waals surface area contributed by atoms with Crippen molar-refractivity contribution in [2.24, 2.45) is 5.92 Å². The molecule has 0 saturated carbocycles. The van der Waals surface area contributed by atoms with Crippen molar-refractivity contribution in [2.45, 2.75) is 20.4 Å². The fourth-order valence-electron chi connectivity index (χ4n) is 2.29. The first-order valence-corrected chi connectivity index (χ1v) is 7.11. The van der Waals surface area contributed by atoms with Gasteiger partial charge < -0.3 is 15.2 Å². The van der Waals surface area contributed by atoms with E-state index in [-0.39, 0.29) is 0 Å². The van der Waals surface area contributed by atoms with E-state index in [9.17, 15) is 0 Å². The molecule has 0 aliphatic carbocycles. The normalized spacial score (nSPS) is 11.8. The molecule has 0 amide bonds. The lowest BCUT2D eigenvalue weighted by Gasteiger charge is -2.17. The number of benzene rings is 1. The summed E-state index contributed by atoms with van der Waals surface area (Å²) >= 11 is 0. The minimum Gasteiger partial charge on any atom is -0.361 e. The topological polar surface area (TPSA) is 31.1 Å². The van der Waals surface area contributed by atoms with Crippen LogP contribution in [0.15, 0.2) is 30.5 Å². The number of likely N-dealkylation sites (N-methyl/N-ethyl adjacent to an activating group) is 1. The molecule has 2 N–H and O–H groups in total. The van der Waals surface area contributed by atoms with Crippen LogP contribution in [0.3, 0.4) is 0 Å². The molecule has 2 aromatic rings. The van der Waals surface area contributed by atoms with Gasteiger partial charge in [-0.25, -0.2) is 0 Å². The van der Waals surface area contributed by atoms with Gasteiger partial charge in [-0.2, -0.15) is 0 Å². The van der Waals surface area contributed by atoms with E-state index >= 15 is 0 Å². The number of fused-ring (bicyclic) bond motifs is 1. The molecule has 0 atom stereocenters. The summed E-state index contributed by atoms with van der Waals surface area (Å²) in [5.41, 5.74) is 2.60. The molecule has 0 unspecified atom stereocenters. The number of nitrogens with one attached hydrogen (secondary N) is 2. The number of rotatable bonds is 7. The van der Waals surface area contributed by atoms with Gasteiger partial charge in [0.15, 0.2) is 0 Å². The lowest BCUT2D eigenvalue weighted by molar-refractivity contribution is 0.323. The van der Waals surface area contributed by atoms with Crippen molar-refractivity contribution in [1.82, 2.24) is 15.2 Å². The summed E-state index contributed by atoms with van der Waals surface area (Å²) in [5, 5.41) is 4.82. The molecule has 0 fully saturated rings. The standard InChI is InChI=1S/C16H25N3/c1-13(2)10-17-8-9-19(3)12-14-11-18-16-7-5-4-6-15(14)16/h4-7,11,13,17-18H,8-10,12H2,1-3H3. The highest BCUT2D eigenvalue weighted by atomic mass is 15.1. The van der Waals surface area contributed by atoms with Crippen LogP contribution < -0.4 is 5.32 Å². The van der Waals surface area contributed by atoms with Crippen LogP contribution in [0.25, 0.3) is 10.9 Å². The molecule has 3 nitrogen and oxygen atoms in total. The molecule has 0 radical (unpaired) electrons. The minimum absolute atomic E-state index is 0.721. The highest BCUT2D eigenvalue weighted by Gasteiger charge is 2.05. The monoisotopic (exact) mass is 259 g/mol. The molecule has 1 aromatic carbocycles. The van der Waals surface area contributed by atoms with Gasteiger partial charge in [-0.05, 0) is 31.1 Å². The number of H-pyrrole nitrogens is 1. The van der Waals surface area contributed by atoms with Crippen LogP contribution in [-0.2, 0) is 6.54 Å². The summed E-state index contributed by atoms with van der Waals surface area (Å²) in [6.07, 6.45) is 2.13. The van der Waals surface area contributed by atoms with E-state index in [0.717, 1.165) is 32.1 Å². The third-order valence-corrected chi connectivity index (χ3v) is 3.34. The summed E-state index contributed by atoms with van der Waals surface area (Å²) in [7, 11) is 2.18. The zero-order valence-corrected chi connectivity index (χ0v) is 12.2. The van der Waals surface area contributed by atoms with E-state index < -0.39 is 0 Å². The lowest BCUT2D eigenvalue weighted by Crippen LogP contribution is -2.30. The average molecular weight is 259 g/mol. The Kier molecular flexibility index (Phi) is 5.00. The van der Waals surface area contributed by atoms with Crippen LogP contribution in [0.2, 0.25) is 0 Å².